The highest BCUT2D eigenvalue weighted by atomic mass is 79.9. The highest BCUT2D eigenvalue weighted by Crippen LogP contribution is 2.22. The summed E-state index contributed by atoms with van der Waals surface area (Å²) in [6.07, 6.45) is -0.0475. The van der Waals surface area contributed by atoms with Crippen molar-refractivity contribution in [2.45, 2.75) is 38.8 Å². The molecule has 1 heterocycles. The van der Waals surface area contributed by atoms with Gasteiger partial charge in [-0.1, -0.05) is 0 Å². The number of ether oxygens (including phenoxy) is 1. The molecule has 5 nitrogen and oxygen atoms in total. The van der Waals surface area contributed by atoms with E-state index in [1.807, 2.05) is 0 Å². The number of nitrogens with zero attached hydrogens (tertiary/aromatic N) is 1. The second kappa shape index (κ2) is 7.04. The molecule has 1 aromatic carbocycles. The van der Waals surface area contributed by atoms with E-state index in [0.29, 0.717) is 13.0 Å². The van der Waals surface area contributed by atoms with Gasteiger partial charge in [-0.05, 0) is 55.3 Å². The van der Waals surface area contributed by atoms with E-state index in [-0.39, 0.29) is 22.6 Å². The van der Waals surface area contributed by atoms with Crippen molar-refractivity contribution in [3.8, 4) is 0 Å². The molecule has 0 aromatic heterocycles. The summed E-state index contributed by atoms with van der Waals surface area (Å²) >= 11 is 2.87. The van der Waals surface area contributed by atoms with Crippen LogP contribution in [0.15, 0.2) is 16.6 Å². The molecule has 0 saturated carbocycles. The molecule has 2 amide bonds. The number of benzene rings is 1. The second-order valence-electron chi connectivity index (χ2n) is 6.63. The summed E-state index contributed by atoms with van der Waals surface area (Å²) in [4.78, 5) is 25.5. The number of halogens is 3. The van der Waals surface area contributed by atoms with E-state index in [1.165, 1.54) is 4.90 Å². The molecule has 132 valence electrons. The van der Waals surface area contributed by atoms with Crippen LogP contribution in [0.1, 0.15) is 37.6 Å². The Balaban J connectivity index is 1.99. The monoisotopic (exact) mass is 404 g/mol. The molecule has 1 aliphatic heterocycles. The third-order valence-corrected chi connectivity index (χ3v) is 4.04. The fraction of sp³-hybridized carbons (Fsp3) is 0.500. The van der Waals surface area contributed by atoms with Gasteiger partial charge in [-0.25, -0.2) is 13.6 Å². The minimum Gasteiger partial charge on any atom is -0.444 e. The molecule has 1 saturated heterocycles. The largest absolute Gasteiger partial charge is 0.444 e. The average Bonchev–Trinajstić information content (AvgIpc) is 2.88. The highest BCUT2D eigenvalue weighted by molar-refractivity contribution is 9.10. The van der Waals surface area contributed by atoms with Crippen molar-refractivity contribution in [1.82, 2.24) is 10.2 Å². The van der Waals surface area contributed by atoms with Gasteiger partial charge in [0.15, 0.2) is 0 Å². The summed E-state index contributed by atoms with van der Waals surface area (Å²) in [6.45, 7) is 5.82. The van der Waals surface area contributed by atoms with Gasteiger partial charge in [0, 0.05) is 13.1 Å². The molecule has 8 heteroatoms. The summed E-state index contributed by atoms with van der Waals surface area (Å²) in [5.41, 5.74) is -0.940. The number of rotatable bonds is 2. The predicted molar refractivity (Wildman–Crippen MR) is 87.7 cm³/mol. The maximum atomic E-state index is 13.9. The lowest BCUT2D eigenvalue weighted by Crippen LogP contribution is -2.41. The molecular formula is C16H19BrF2N2O3. The van der Waals surface area contributed by atoms with Crippen LogP contribution in [0.2, 0.25) is 0 Å². The molecule has 0 radical (unpaired) electrons. The van der Waals surface area contributed by atoms with Crippen LogP contribution in [0.4, 0.5) is 13.6 Å². The Morgan fingerprint density at radius 3 is 2.58 bits per heavy atom. The first-order valence-electron chi connectivity index (χ1n) is 7.50. The fourth-order valence-corrected chi connectivity index (χ4v) is 2.71. The normalized spacial score (nSPS) is 17.8. The first-order chi connectivity index (χ1) is 11.1. The lowest BCUT2D eigenvalue weighted by Gasteiger charge is -2.22. The Bertz CT molecular complexity index is 661. The molecule has 0 unspecified atom stereocenters. The Kier molecular flexibility index (Phi) is 5.47. The standard InChI is InChI=1S/C16H19BrF2N2O3/c1-16(2,3)24-15(23)20-9-4-5-21(8-9)14(22)10-6-13(19)11(17)7-12(10)18/h6-7,9H,4-5,8H2,1-3H3,(H,20,23)/t9-/m0/s1. The molecule has 24 heavy (non-hydrogen) atoms. The van der Waals surface area contributed by atoms with Crippen LogP contribution in [-0.2, 0) is 4.74 Å². The Morgan fingerprint density at radius 2 is 1.96 bits per heavy atom. The number of nitrogens with one attached hydrogen (secondary N) is 1. The van der Waals surface area contributed by atoms with E-state index in [1.54, 1.807) is 20.8 Å². The van der Waals surface area contributed by atoms with Gasteiger partial charge < -0.3 is 15.0 Å². The molecule has 1 atom stereocenters. The average molecular weight is 405 g/mol. The zero-order chi connectivity index (χ0) is 18.1. The van der Waals surface area contributed by atoms with Gasteiger partial charge in [-0.15, -0.1) is 0 Å². The molecule has 1 aromatic rings. The smallest absolute Gasteiger partial charge is 0.407 e. The number of amides is 2. The minimum atomic E-state index is -0.795. The van der Waals surface area contributed by atoms with Gasteiger partial charge in [0.25, 0.3) is 5.91 Å². The highest BCUT2D eigenvalue weighted by Gasteiger charge is 2.30. The molecular weight excluding hydrogens is 386 g/mol. The SMILES string of the molecule is CC(C)(C)OC(=O)N[C@H]1CCN(C(=O)c2cc(F)c(Br)cc2F)C1. The molecule has 0 aliphatic carbocycles. The van der Waals surface area contributed by atoms with Gasteiger partial charge in [-0.2, -0.15) is 0 Å². The fourth-order valence-electron chi connectivity index (χ4n) is 2.39. The zero-order valence-electron chi connectivity index (χ0n) is 13.7. The third-order valence-electron chi connectivity index (χ3n) is 3.44. The van der Waals surface area contributed by atoms with Crippen molar-refractivity contribution in [2.75, 3.05) is 13.1 Å². The van der Waals surface area contributed by atoms with Crippen LogP contribution in [0, 0.1) is 11.6 Å². The van der Waals surface area contributed by atoms with Crippen LogP contribution >= 0.6 is 15.9 Å². The number of carbonyl (C=O) groups is 2. The maximum absolute atomic E-state index is 13.9. The zero-order valence-corrected chi connectivity index (χ0v) is 15.2. The predicted octanol–water partition coefficient (Wildman–Crippen LogP) is 3.47. The molecule has 0 spiro atoms. The van der Waals surface area contributed by atoms with Gasteiger partial charge in [-0.3, -0.25) is 4.79 Å². The summed E-state index contributed by atoms with van der Waals surface area (Å²) in [6, 6.07) is 1.51. The first-order valence-corrected chi connectivity index (χ1v) is 8.29. The summed E-state index contributed by atoms with van der Waals surface area (Å²) in [5, 5.41) is 2.68. The minimum absolute atomic E-state index is 0.0394. The Hall–Kier alpha value is -1.70. The van der Waals surface area contributed by atoms with Crippen molar-refractivity contribution < 1.29 is 23.1 Å². The lowest BCUT2D eigenvalue weighted by molar-refractivity contribution is 0.0502. The van der Waals surface area contributed by atoms with E-state index < -0.39 is 29.2 Å². The topological polar surface area (TPSA) is 58.6 Å². The van der Waals surface area contributed by atoms with Crippen molar-refractivity contribution in [2.24, 2.45) is 0 Å². The van der Waals surface area contributed by atoms with E-state index in [4.69, 9.17) is 4.74 Å². The van der Waals surface area contributed by atoms with Gasteiger partial charge in [0.2, 0.25) is 0 Å². The third kappa shape index (κ3) is 4.66. The van der Waals surface area contributed by atoms with Crippen LogP contribution in [0.5, 0.6) is 0 Å². The van der Waals surface area contributed by atoms with E-state index in [9.17, 15) is 18.4 Å². The summed E-state index contributed by atoms with van der Waals surface area (Å²) < 4.78 is 32.6. The second-order valence-corrected chi connectivity index (χ2v) is 7.48. The summed E-state index contributed by atoms with van der Waals surface area (Å²) in [5.74, 6) is -2.11. The number of alkyl carbamates (subject to hydrolysis) is 1. The van der Waals surface area contributed by atoms with Crippen molar-refractivity contribution in [3.05, 3.63) is 33.8 Å². The van der Waals surface area contributed by atoms with Crippen LogP contribution < -0.4 is 5.32 Å². The molecule has 1 N–H and O–H groups in total. The number of carbonyl (C=O) groups excluding carboxylic acids is 2. The van der Waals surface area contributed by atoms with Crippen LogP contribution in [0.3, 0.4) is 0 Å². The first kappa shape index (κ1) is 18.6. The quantitative estimate of drug-likeness (QED) is 0.767. The maximum Gasteiger partial charge on any atom is 0.407 e. The van der Waals surface area contributed by atoms with E-state index in [2.05, 4.69) is 21.2 Å². The number of hydrogen-bond acceptors (Lipinski definition) is 3. The van der Waals surface area contributed by atoms with Crippen LogP contribution in [0.25, 0.3) is 0 Å². The molecule has 1 aliphatic rings. The number of likely N-dealkylation sites (tertiary alicyclic amines) is 1. The summed E-state index contributed by atoms with van der Waals surface area (Å²) in [7, 11) is 0. The van der Waals surface area contributed by atoms with Crippen molar-refractivity contribution in [3.63, 3.8) is 0 Å². The Labute approximate surface area is 147 Å². The van der Waals surface area contributed by atoms with Gasteiger partial charge in [0.1, 0.15) is 17.2 Å². The molecule has 2 rings (SSSR count). The number of hydrogen-bond donors (Lipinski definition) is 1. The molecule has 0 bridgehead atoms. The van der Waals surface area contributed by atoms with Crippen LogP contribution in [-0.4, -0.2) is 41.6 Å². The van der Waals surface area contributed by atoms with Crippen molar-refractivity contribution in [1.29, 1.82) is 0 Å². The van der Waals surface area contributed by atoms with Crippen molar-refractivity contribution >= 4 is 27.9 Å². The van der Waals surface area contributed by atoms with E-state index in [0.717, 1.165) is 12.1 Å². The van der Waals surface area contributed by atoms with Gasteiger partial charge >= 0.3 is 6.09 Å². The van der Waals surface area contributed by atoms with E-state index >= 15 is 0 Å². The van der Waals surface area contributed by atoms with Gasteiger partial charge in [0.05, 0.1) is 16.1 Å². The lowest BCUT2D eigenvalue weighted by atomic mass is 10.2. The Morgan fingerprint density at radius 1 is 1.29 bits per heavy atom. The molecule has 1 fully saturated rings.